The second kappa shape index (κ2) is 6.65. The van der Waals surface area contributed by atoms with Crippen LogP contribution in [0.3, 0.4) is 0 Å². The van der Waals surface area contributed by atoms with Crippen molar-refractivity contribution in [1.82, 2.24) is 0 Å². The van der Waals surface area contributed by atoms with E-state index in [0.29, 0.717) is 5.69 Å². The highest BCUT2D eigenvalue weighted by Gasteiger charge is 2.26. The molecular weight excluding hydrogens is 273 g/mol. The van der Waals surface area contributed by atoms with Gasteiger partial charge in [0.15, 0.2) is 0 Å². The summed E-state index contributed by atoms with van der Waals surface area (Å²) in [7, 11) is 1.02. The molecule has 0 saturated carbocycles. The second-order valence-electron chi connectivity index (χ2n) is 4.32. The molecule has 1 atom stereocenters. The van der Waals surface area contributed by atoms with E-state index in [1.807, 2.05) is 30.3 Å². The van der Waals surface area contributed by atoms with Gasteiger partial charge in [0.05, 0.1) is 7.11 Å². The van der Waals surface area contributed by atoms with Crippen molar-refractivity contribution in [3.8, 4) is 11.1 Å². The number of benzene rings is 2. The van der Waals surface area contributed by atoms with Gasteiger partial charge < -0.3 is 10.1 Å². The first kappa shape index (κ1) is 14.7. The SMILES string of the molecule is COC(=O)C(F)C(=O)Nc1ccc(-c2ccccc2)cc1. The van der Waals surface area contributed by atoms with Crippen LogP contribution in [0.15, 0.2) is 54.6 Å². The van der Waals surface area contributed by atoms with Gasteiger partial charge in [0.2, 0.25) is 0 Å². The van der Waals surface area contributed by atoms with E-state index in [1.165, 1.54) is 0 Å². The van der Waals surface area contributed by atoms with Gasteiger partial charge in [0.1, 0.15) is 0 Å². The fourth-order valence-corrected chi connectivity index (χ4v) is 1.79. The fraction of sp³-hybridized carbons (Fsp3) is 0.125. The summed E-state index contributed by atoms with van der Waals surface area (Å²) in [6.45, 7) is 0. The molecule has 21 heavy (non-hydrogen) atoms. The Morgan fingerprint density at radius 2 is 1.57 bits per heavy atom. The Bertz CT molecular complexity index is 626. The Morgan fingerprint density at radius 1 is 1.00 bits per heavy atom. The maximum atomic E-state index is 13.3. The van der Waals surface area contributed by atoms with Crippen LogP contribution in [0.4, 0.5) is 10.1 Å². The van der Waals surface area contributed by atoms with Crippen molar-refractivity contribution in [2.45, 2.75) is 6.17 Å². The van der Waals surface area contributed by atoms with Gasteiger partial charge in [-0.1, -0.05) is 42.5 Å². The maximum absolute atomic E-state index is 13.3. The fourth-order valence-electron chi connectivity index (χ4n) is 1.79. The summed E-state index contributed by atoms with van der Waals surface area (Å²) in [4.78, 5) is 22.4. The Kier molecular flexibility index (Phi) is 4.66. The molecule has 108 valence electrons. The molecule has 0 aliphatic carbocycles. The third kappa shape index (κ3) is 3.66. The molecule has 2 rings (SSSR count). The molecule has 2 aromatic carbocycles. The van der Waals surface area contributed by atoms with Crippen LogP contribution >= 0.6 is 0 Å². The molecule has 0 fully saturated rings. The molecule has 1 unspecified atom stereocenters. The number of hydrogen-bond donors (Lipinski definition) is 1. The monoisotopic (exact) mass is 287 g/mol. The van der Waals surface area contributed by atoms with Gasteiger partial charge in [-0.3, -0.25) is 4.79 Å². The van der Waals surface area contributed by atoms with Crippen LogP contribution in [0.2, 0.25) is 0 Å². The molecule has 2 aromatic rings. The number of esters is 1. The van der Waals surface area contributed by atoms with Crippen LogP contribution in [0.25, 0.3) is 11.1 Å². The summed E-state index contributed by atoms with van der Waals surface area (Å²) in [6.07, 6.45) is -2.33. The molecular formula is C16H14FNO3. The Hall–Kier alpha value is -2.69. The zero-order chi connectivity index (χ0) is 15.2. The highest BCUT2D eigenvalue weighted by Crippen LogP contribution is 2.21. The second-order valence-corrected chi connectivity index (χ2v) is 4.32. The van der Waals surface area contributed by atoms with Gasteiger partial charge >= 0.3 is 5.97 Å². The lowest BCUT2D eigenvalue weighted by Gasteiger charge is -2.08. The first-order valence-corrected chi connectivity index (χ1v) is 6.30. The molecule has 0 radical (unpaired) electrons. The molecule has 0 heterocycles. The maximum Gasteiger partial charge on any atom is 0.350 e. The summed E-state index contributed by atoms with van der Waals surface area (Å²) in [6, 6.07) is 16.6. The largest absolute Gasteiger partial charge is 0.466 e. The number of rotatable bonds is 4. The number of hydrogen-bond acceptors (Lipinski definition) is 3. The highest BCUT2D eigenvalue weighted by molar-refractivity contribution is 6.07. The predicted molar refractivity (Wildman–Crippen MR) is 77.4 cm³/mol. The highest BCUT2D eigenvalue weighted by atomic mass is 19.1. The molecule has 0 saturated heterocycles. The van der Waals surface area contributed by atoms with Crippen LogP contribution in [-0.2, 0) is 14.3 Å². The van der Waals surface area contributed by atoms with Crippen LogP contribution < -0.4 is 5.32 Å². The zero-order valence-corrected chi connectivity index (χ0v) is 11.4. The van der Waals surface area contributed by atoms with Crippen molar-refractivity contribution in [3.63, 3.8) is 0 Å². The number of alkyl halides is 1. The van der Waals surface area contributed by atoms with E-state index in [1.54, 1.807) is 24.3 Å². The normalized spacial score (nSPS) is 11.5. The van der Waals surface area contributed by atoms with Gasteiger partial charge in [-0.2, -0.15) is 0 Å². The van der Waals surface area contributed by atoms with Gasteiger partial charge in [0.25, 0.3) is 12.1 Å². The van der Waals surface area contributed by atoms with Crippen LogP contribution in [0, 0.1) is 0 Å². The minimum Gasteiger partial charge on any atom is -0.466 e. The number of amides is 1. The number of nitrogens with one attached hydrogen (secondary N) is 1. The minimum absolute atomic E-state index is 0.409. The molecule has 0 aromatic heterocycles. The molecule has 0 aliphatic heterocycles. The summed E-state index contributed by atoms with van der Waals surface area (Å²) >= 11 is 0. The van der Waals surface area contributed by atoms with Crippen molar-refractivity contribution >= 4 is 17.6 Å². The van der Waals surface area contributed by atoms with E-state index in [9.17, 15) is 14.0 Å². The van der Waals surface area contributed by atoms with Gasteiger partial charge in [-0.15, -0.1) is 0 Å². The van der Waals surface area contributed by atoms with Crippen molar-refractivity contribution in [2.24, 2.45) is 0 Å². The Balaban J connectivity index is 2.06. The van der Waals surface area contributed by atoms with E-state index in [-0.39, 0.29) is 0 Å². The third-order valence-corrected chi connectivity index (χ3v) is 2.90. The van der Waals surface area contributed by atoms with Gasteiger partial charge in [-0.25, -0.2) is 9.18 Å². The Labute approximate surface area is 121 Å². The van der Waals surface area contributed by atoms with Crippen molar-refractivity contribution in [2.75, 3.05) is 12.4 Å². The molecule has 4 nitrogen and oxygen atoms in total. The first-order chi connectivity index (χ1) is 10.1. The summed E-state index contributed by atoms with van der Waals surface area (Å²) < 4.78 is 17.5. The zero-order valence-electron chi connectivity index (χ0n) is 11.4. The molecule has 0 spiro atoms. The van der Waals surface area contributed by atoms with E-state index in [0.717, 1.165) is 18.2 Å². The number of methoxy groups -OCH3 is 1. The van der Waals surface area contributed by atoms with Crippen LogP contribution in [-0.4, -0.2) is 25.2 Å². The van der Waals surface area contributed by atoms with E-state index in [2.05, 4.69) is 10.1 Å². The van der Waals surface area contributed by atoms with Gasteiger partial charge in [-0.05, 0) is 23.3 Å². The smallest absolute Gasteiger partial charge is 0.350 e. The summed E-state index contributed by atoms with van der Waals surface area (Å²) in [5.74, 6) is -2.26. The van der Waals surface area contributed by atoms with E-state index >= 15 is 0 Å². The molecule has 5 heteroatoms. The van der Waals surface area contributed by atoms with Gasteiger partial charge in [0, 0.05) is 5.69 Å². The average Bonchev–Trinajstić information content (AvgIpc) is 2.54. The van der Waals surface area contributed by atoms with E-state index in [4.69, 9.17) is 0 Å². The lowest BCUT2D eigenvalue weighted by atomic mass is 10.1. The van der Waals surface area contributed by atoms with Crippen molar-refractivity contribution < 1.29 is 18.7 Å². The third-order valence-electron chi connectivity index (χ3n) is 2.90. The van der Waals surface area contributed by atoms with Crippen LogP contribution in [0.5, 0.6) is 0 Å². The predicted octanol–water partition coefficient (Wildman–Crippen LogP) is 2.80. The lowest BCUT2D eigenvalue weighted by Crippen LogP contribution is -2.32. The number of carbonyl (C=O) groups excluding carboxylic acids is 2. The molecule has 0 bridgehead atoms. The standard InChI is InChI=1S/C16H14FNO3/c1-21-16(20)14(17)15(19)18-13-9-7-12(8-10-13)11-5-3-2-4-6-11/h2-10,14H,1H3,(H,18,19). The van der Waals surface area contributed by atoms with Crippen molar-refractivity contribution in [1.29, 1.82) is 0 Å². The van der Waals surface area contributed by atoms with E-state index < -0.39 is 18.0 Å². The topological polar surface area (TPSA) is 55.4 Å². The quantitative estimate of drug-likeness (QED) is 0.695. The number of carbonyl (C=O) groups is 2. The summed E-state index contributed by atoms with van der Waals surface area (Å²) in [5.41, 5.74) is 2.41. The number of halogens is 1. The molecule has 0 aliphatic rings. The summed E-state index contributed by atoms with van der Waals surface area (Å²) in [5, 5.41) is 2.32. The lowest BCUT2D eigenvalue weighted by molar-refractivity contribution is -0.149. The van der Waals surface area contributed by atoms with Crippen LogP contribution in [0.1, 0.15) is 0 Å². The number of anilines is 1. The molecule has 1 N–H and O–H groups in total. The first-order valence-electron chi connectivity index (χ1n) is 6.30. The number of ether oxygens (including phenoxy) is 1. The average molecular weight is 287 g/mol. The van der Waals surface area contributed by atoms with Crippen molar-refractivity contribution in [3.05, 3.63) is 54.6 Å². The molecule has 1 amide bonds. The minimum atomic E-state index is -2.33. The Morgan fingerprint density at radius 3 is 2.14 bits per heavy atom.